The third-order valence-electron chi connectivity index (χ3n) is 2.77. The smallest absolute Gasteiger partial charge is 0.214 e. The number of aryl methyl sites for hydroxylation is 2. The SMILES string of the molecule is CCCCc1cc(O)n(-c2cccc(C)c2)n1. The highest BCUT2D eigenvalue weighted by Gasteiger charge is 2.07. The van der Waals surface area contributed by atoms with Crippen LogP contribution in [0.4, 0.5) is 0 Å². The molecular formula is C14H18N2O. The molecule has 2 aromatic rings. The molecule has 0 aliphatic rings. The van der Waals surface area contributed by atoms with E-state index in [1.807, 2.05) is 31.2 Å². The molecule has 1 aromatic carbocycles. The van der Waals surface area contributed by atoms with E-state index >= 15 is 0 Å². The summed E-state index contributed by atoms with van der Waals surface area (Å²) >= 11 is 0. The number of aromatic nitrogens is 2. The van der Waals surface area contributed by atoms with Crippen LogP contribution in [0.5, 0.6) is 5.88 Å². The molecule has 0 saturated heterocycles. The Balaban J connectivity index is 2.29. The highest BCUT2D eigenvalue weighted by molar-refractivity contribution is 5.38. The fourth-order valence-corrected chi connectivity index (χ4v) is 1.85. The van der Waals surface area contributed by atoms with E-state index in [-0.39, 0.29) is 5.88 Å². The van der Waals surface area contributed by atoms with Gasteiger partial charge in [-0.25, -0.2) is 4.68 Å². The van der Waals surface area contributed by atoms with Gasteiger partial charge in [0.1, 0.15) is 0 Å². The minimum absolute atomic E-state index is 0.210. The Morgan fingerprint density at radius 2 is 2.12 bits per heavy atom. The number of rotatable bonds is 4. The summed E-state index contributed by atoms with van der Waals surface area (Å²) in [6.07, 6.45) is 3.16. The van der Waals surface area contributed by atoms with Crippen molar-refractivity contribution in [3.05, 3.63) is 41.6 Å². The number of benzene rings is 1. The Hall–Kier alpha value is -1.77. The van der Waals surface area contributed by atoms with Gasteiger partial charge in [0.25, 0.3) is 0 Å². The molecule has 0 unspecified atom stereocenters. The van der Waals surface area contributed by atoms with E-state index in [0.717, 1.165) is 36.2 Å². The zero-order valence-electron chi connectivity index (χ0n) is 10.3. The van der Waals surface area contributed by atoms with E-state index in [1.165, 1.54) is 0 Å². The fourth-order valence-electron chi connectivity index (χ4n) is 1.85. The predicted molar refractivity (Wildman–Crippen MR) is 68.6 cm³/mol. The summed E-state index contributed by atoms with van der Waals surface area (Å²) in [5.74, 6) is 0.210. The predicted octanol–water partition coefficient (Wildman–Crippen LogP) is 3.23. The third-order valence-corrected chi connectivity index (χ3v) is 2.77. The van der Waals surface area contributed by atoms with Gasteiger partial charge in [-0.15, -0.1) is 0 Å². The lowest BCUT2D eigenvalue weighted by Gasteiger charge is -2.03. The molecule has 2 rings (SSSR count). The number of aromatic hydroxyl groups is 1. The molecule has 3 nitrogen and oxygen atoms in total. The number of hydrogen-bond acceptors (Lipinski definition) is 2. The molecule has 0 fully saturated rings. The van der Waals surface area contributed by atoms with Gasteiger partial charge in [0.15, 0.2) is 0 Å². The molecule has 0 aliphatic heterocycles. The van der Waals surface area contributed by atoms with Crippen LogP contribution in [0, 0.1) is 6.92 Å². The van der Waals surface area contributed by atoms with Crippen molar-refractivity contribution in [2.24, 2.45) is 0 Å². The number of nitrogens with zero attached hydrogens (tertiary/aromatic N) is 2. The summed E-state index contributed by atoms with van der Waals surface area (Å²) in [6.45, 7) is 4.18. The van der Waals surface area contributed by atoms with Crippen LogP contribution in [0.3, 0.4) is 0 Å². The van der Waals surface area contributed by atoms with E-state index in [0.29, 0.717) is 0 Å². The van der Waals surface area contributed by atoms with Crippen LogP contribution in [-0.4, -0.2) is 14.9 Å². The first kappa shape index (κ1) is 11.7. The summed E-state index contributed by atoms with van der Waals surface area (Å²) in [7, 11) is 0. The highest BCUT2D eigenvalue weighted by Crippen LogP contribution is 2.19. The van der Waals surface area contributed by atoms with Crippen molar-refractivity contribution in [2.45, 2.75) is 33.1 Å². The van der Waals surface area contributed by atoms with Crippen LogP contribution >= 0.6 is 0 Å². The van der Waals surface area contributed by atoms with Crippen molar-refractivity contribution in [2.75, 3.05) is 0 Å². The first-order valence-corrected chi connectivity index (χ1v) is 6.05. The summed E-state index contributed by atoms with van der Waals surface area (Å²) in [5.41, 5.74) is 3.02. The van der Waals surface area contributed by atoms with Gasteiger partial charge in [0.05, 0.1) is 11.4 Å². The van der Waals surface area contributed by atoms with E-state index in [2.05, 4.69) is 12.0 Å². The lowest BCUT2D eigenvalue weighted by Crippen LogP contribution is -1.97. The lowest BCUT2D eigenvalue weighted by molar-refractivity contribution is 0.433. The Kier molecular flexibility index (Phi) is 3.47. The van der Waals surface area contributed by atoms with Crippen molar-refractivity contribution in [1.82, 2.24) is 9.78 Å². The lowest BCUT2D eigenvalue weighted by atomic mass is 10.2. The second kappa shape index (κ2) is 5.04. The van der Waals surface area contributed by atoms with E-state index in [4.69, 9.17) is 0 Å². The average Bonchev–Trinajstić information content (AvgIpc) is 2.68. The van der Waals surface area contributed by atoms with Crippen molar-refractivity contribution >= 4 is 0 Å². The second-order valence-corrected chi connectivity index (χ2v) is 4.35. The Morgan fingerprint density at radius 1 is 1.29 bits per heavy atom. The highest BCUT2D eigenvalue weighted by atomic mass is 16.3. The van der Waals surface area contributed by atoms with Crippen LogP contribution < -0.4 is 0 Å². The fraction of sp³-hybridized carbons (Fsp3) is 0.357. The molecule has 0 bridgehead atoms. The number of hydrogen-bond donors (Lipinski definition) is 1. The van der Waals surface area contributed by atoms with Gasteiger partial charge >= 0.3 is 0 Å². The van der Waals surface area contributed by atoms with Gasteiger partial charge in [-0.2, -0.15) is 5.10 Å². The maximum absolute atomic E-state index is 9.88. The van der Waals surface area contributed by atoms with Gasteiger partial charge in [-0.3, -0.25) is 0 Å². The number of unbranched alkanes of at least 4 members (excludes halogenated alkanes) is 1. The molecule has 0 amide bonds. The van der Waals surface area contributed by atoms with Gasteiger partial charge < -0.3 is 5.11 Å². The quantitative estimate of drug-likeness (QED) is 0.875. The molecule has 0 spiro atoms. The summed E-state index contributed by atoms with van der Waals surface area (Å²) in [4.78, 5) is 0. The van der Waals surface area contributed by atoms with Gasteiger partial charge in [-0.1, -0.05) is 25.5 Å². The summed E-state index contributed by atoms with van der Waals surface area (Å²) in [6, 6.07) is 9.71. The Labute approximate surface area is 102 Å². The van der Waals surface area contributed by atoms with E-state index < -0.39 is 0 Å². The zero-order valence-corrected chi connectivity index (χ0v) is 10.3. The maximum Gasteiger partial charge on any atom is 0.214 e. The van der Waals surface area contributed by atoms with Crippen molar-refractivity contribution in [1.29, 1.82) is 0 Å². The first-order valence-electron chi connectivity index (χ1n) is 6.05. The Morgan fingerprint density at radius 3 is 2.82 bits per heavy atom. The van der Waals surface area contributed by atoms with Crippen LogP contribution in [0.1, 0.15) is 31.0 Å². The summed E-state index contributed by atoms with van der Waals surface area (Å²) in [5, 5.41) is 14.3. The molecule has 1 N–H and O–H groups in total. The maximum atomic E-state index is 9.88. The molecule has 1 heterocycles. The van der Waals surface area contributed by atoms with Crippen molar-refractivity contribution < 1.29 is 5.11 Å². The van der Waals surface area contributed by atoms with Crippen LogP contribution in [0.15, 0.2) is 30.3 Å². The molecule has 0 aliphatic carbocycles. The topological polar surface area (TPSA) is 38.0 Å². The molecule has 3 heteroatoms. The Bertz CT molecular complexity index is 503. The van der Waals surface area contributed by atoms with E-state index in [1.54, 1.807) is 10.7 Å². The van der Waals surface area contributed by atoms with Crippen LogP contribution in [-0.2, 0) is 6.42 Å². The van der Waals surface area contributed by atoms with Crippen molar-refractivity contribution in [3.63, 3.8) is 0 Å². The molecule has 0 radical (unpaired) electrons. The van der Waals surface area contributed by atoms with Crippen molar-refractivity contribution in [3.8, 4) is 11.6 Å². The first-order chi connectivity index (χ1) is 8.20. The van der Waals surface area contributed by atoms with Gasteiger partial charge in [0, 0.05) is 6.07 Å². The molecular weight excluding hydrogens is 212 g/mol. The van der Waals surface area contributed by atoms with Crippen LogP contribution in [0.2, 0.25) is 0 Å². The van der Waals surface area contributed by atoms with Gasteiger partial charge in [-0.05, 0) is 37.5 Å². The summed E-state index contributed by atoms with van der Waals surface area (Å²) < 4.78 is 1.60. The minimum atomic E-state index is 0.210. The molecule has 0 saturated carbocycles. The zero-order chi connectivity index (χ0) is 12.3. The van der Waals surface area contributed by atoms with Crippen LogP contribution in [0.25, 0.3) is 5.69 Å². The largest absolute Gasteiger partial charge is 0.493 e. The second-order valence-electron chi connectivity index (χ2n) is 4.35. The monoisotopic (exact) mass is 230 g/mol. The average molecular weight is 230 g/mol. The molecule has 17 heavy (non-hydrogen) atoms. The normalized spacial score (nSPS) is 10.7. The van der Waals surface area contributed by atoms with E-state index in [9.17, 15) is 5.11 Å². The third kappa shape index (κ3) is 2.67. The molecule has 0 atom stereocenters. The molecule has 90 valence electrons. The minimum Gasteiger partial charge on any atom is -0.493 e. The van der Waals surface area contributed by atoms with Gasteiger partial charge in [0.2, 0.25) is 5.88 Å². The standard InChI is InChI=1S/C14H18N2O/c1-3-4-7-12-10-14(17)16(15-12)13-8-5-6-11(2)9-13/h5-6,8-10,17H,3-4,7H2,1-2H3. The molecule has 1 aromatic heterocycles.